The Balaban J connectivity index is 0. The number of hydrogen-bond acceptors (Lipinski definition) is 4. The lowest BCUT2D eigenvalue weighted by molar-refractivity contribution is 0.233. The predicted molar refractivity (Wildman–Crippen MR) is 72.0 cm³/mol. The molecule has 1 fully saturated rings. The molecule has 0 radical (unpaired) electrons. The monoisotopic (exact) mass is 291 g/mol. The van der Waals surface area contributed by atoms with Crippen molar-refractivity contribution in [2.75, 3.05) is 26.2 Å². The Hall–Kier alpha value is 0.420. The second-order valence-electron chi connectivity index (χ2n) is 2.95. The van der Waals surface area contributed by atoms with Gasteiger partial charge in [-0.15, -0.1) is 48.6 Å². The largest absolute Gasteiger partial charge is 0.314 e. The van der Waals surface area contributed by atoms with E-state index in [9.17, 15) is 0 Å². The molecule has 1 saturated heterocycles. The topological polar surface area (TPSA) is 28.2 Å². The first kappa shape index (κ1) is 17.8. The van der Waals surface area contributed by atoms with E-state index in [2.05, 4.69) is 15.2 Å². The van der Waals surface area contributed by atoms with Gasteiger partial charge in [-0.1, -0.05) is 0 Å². The fourth-order valence-electron chi connectivity index (χ4n) is 1.39. The first-order chi connectivity index (χ1) is 5.95. The molecule has 0 saturated carbocycles. The normalized spacial score (nSPS) is 15.7. The molecule has 2 rings (SSSR count). The third kappa shape index (κ3) is 5.90. The standard InChI is InChI=1S/C8H13N3S.3ClH/c1-4-11(5-2-9-1)7-8-10-3-6-12-8;;;/h3,6,9H,1-2,4-5,7H2;3*1H. The van der Waals surface area contributed by atoms with Gasteiger partial charge in [0.25, 0.3) is 0 Å². The van der Waals surface area contributed by atoms with Crippen LogP contribution >= 0.6 is 48.6 Å². The highest BCUT2D eigenvalue weighted by atomic mass is 35.5. The lowest BCUT2D eigenvalue weighted by Crippen LogP contribution is -2.42. The van der Waals surface area contributed by atoms with Gasteiger partial charge < -0.3 is 5.32 Å². The average Bonchev–Trinajstić information content (AvgIpc) is 2.59. The maximum absolute atomic E-state index is 4.27. The fourth-order valence-corrected chi connectivity index (χ4v) is 2.05. The van der Waals surface area contributed by atoms with Crippen LogP contribution in [-0.2, 0) is 6.54 Å². The van der Waals surface area contributed by atoms with Crippen molar-refractivity contribution >= 4 is 48.6 Å². The summed E-state index contributed by atoms with van der Waals surface area (Å²) in [7, 11) is 0. The molecule has 1 aliphatic rings. The van der Waals surface area contributed by atoms with Gasteiger partial charge >= 0.3 is 0 Å². The van der Waals surface area contributed by atoms with Crippen LogP contribution in [0.2, 0.25) is 0 Å². The fraction of sp³-hybridized carbons (Fsp3) is 0.625. The van der Waals surface area contributed by atoms with Crippen LogP contribution in [0.15, 0.2) is 11.6 Å². The Morgan fingerprint density at radius 3 is 2.47 bits per heavy atom. The van der Waals surface area contributed by atoms with Gasteiger partial charge in [-0.25, -0.2) is 4.98 Å². The van der Waals surface area contributed by atoms with Gasteiger partial charge in [0.2, 0.25) is 0 Å². The van der Waals surface area contributed by atoms with Gasteiger partial charge in [0, 0.05) is 37.8 Å². The summed E-state index contributed by atoms with van der Waals surface area (Å²) in [5, 5.41) is 6.61. The van der Waals surface area contributed by atoms with Gasteiger partial charge in [0.1, 0.15) is 5.01 Å². The van der Waals surface area contributed by atoms with Crippen LogP contribution < -0.4 is 5.32 Å². The molecular weight excluding hydrogens is 277 g/mol. The molecule has 0 aliphatic carbocycles. The molecule has 1 aromatic rings. The molecule has 3 nitrogen and oxygen atoms in total. The second kappa shape index (κ2) is 9.63. The van der Waals surface area contributed by atoms with Crippen LogP contribution in [0.5, 0.6) is 0 Å². The molecule has 0 spiro atoms. The number of halogens is 3. The zero-order valence-corrected chi connectivity index (χ0v) is 11.5. The zero-order valence-electron chi connectivity index (χ0n) is 8.22. The summed E-state index contributed by atoms with van der Waals surface area (Å²) in [4.78, 5) is 6.71. The number of nitrogens with zero attached hydrogens (tertiary/aromatic N) is 2. The molecule has 7 heteroatoms. The highest BCUT2D eigenvalue weighted by Crippen LogP contribution is 2.07. The minimum absolute atomic E-state index is 0. The van der Waals surface area contributed by atoms with Crippen molar-refractivity contribution in [3.05, 3.63) is 16.6 Å². The van der Waals surface area contributed by atoms with Crippen molar-refractivity contribution in [2.45, 2.75) is 6.54 Å². The van der Waals surface area contributed by atoms with E-state index in [1.165, 1.54) is 5.01 Å². The molecule has 1 N–H and O–H groups in total. The summed E-state index contributed by atoms with van der Waals surface area (Å²) in [6.45, 7) is 5.56. The predicted octanol–water partition coefficient (Wildman–Crippen LogP) is 1.81. The summed E-state index contributed by atoms with van der Waals surface area (Å²) < 4.78 is 0. The molecule has 1 aromatic heterocycles. The van der Waals surface area contributed by atoms with Crippen LogP contribution in [0.3, 0.4) is 0 Å². The maximum atomic E-state index is 4.27. The number of nitrogens with one attached hydrogen (secondary N) is 1. The molecule has 0 unspecified atom stereocenters. The Bertz CT molecular complexity index is 227. The highest BCUT2D eigenvalue weighted by molar-refractivity contribution is 7.09. The van der Waals surface area contributed by atoms with Crippen molar-refractivity contribution in [3.63, 3.8) is 0 Å². The lowest BCUT2D eigenvalue weighted by Gasteiger charge is -2.25. The molecule has 1 aliphatic heterocycles. The Morgan fingerprint density at radius 1 is 1.27 bits per heavy atom. The van der Waals surface area contributed by atoms with Crippen LogP contribution in [0, 0.1) is 0 Å². The Labute approximate surface area is 113 Å². The maximum Gasteiger partial charge on any atom is 0.107 e. The van der Waals surface area contributed by atoms with Crippen molar-refractivity contribution in [1.82, 2.24) is 15.2 Å². The smallest absolute Gasteiger partial charge is 0.107 e. The third-order valence-electron chi connectivity index (χ3n) is 2.05. The van der Waals surface area contributed by atoms with E-state index in [4.69, 9.17) is 0 Å². The van der Waals surface area contributed by atoms with E-state index in [1.807, 2.05) is 11.6 Å². The van der Waals surface area contributed by atoms with Gasteiger partial charge in [0.05, 0.1) is 6.54 Å². The lowest BCUT2D eigenvalue weighted by atomic mass is 10.4. The average molecular weight is 293 g/mol. The Morgan fingerprint density at radius 2 is 1.93 bits per heavy atom. The SMILES string of the molecule is Cl.Cl.Cl.c1csc(CN2CCNCC2)n1. The highest BCUT2D eigenvalue weighted by Gasteiger charge is 2.10. The van der Waals surface area contributed by atoms with Crippen molar-refractivity contribution in [1.29, 1.82) is 0 Å². The van der Waals surface area contributed by atoms with Gasteiger partial charge in [-0.05, 0) is 0 Å². The van der Waals surface area contributed by atoms with E-state index in [0.29, 0.717) is 0 Å². The summed E-state index contributed by atoms with van der Waals surface area (Å²) >= 11 is 1.74. The van der Waals surface area contributed by atoms with Crippen LogP contribution in [0.4, 0.5) is 0 Å². The molecule has 2 heterocycles. The summed E-state index contributed by atoms with van der Waals surface area (Å²) in [6.07, 6.45) is 1.88. The molecule has 15 heavy (non-hydrogen) atoms. The summed E-state index contributed by atoms with van der Waals surface area (Å²) in [5.41, 5.74) is 0. The molecule has 90 valence electrons. The van der Waals surface area contributed by atoms with E-state index >= 15 is 0 Å². The first-order valence-corrected chi connectivity index (χ1v) is 5.14. The second-order valence-corrected chi connectivity index (χ2v) is 3.93. The van der Waals surface area contributed by atoms with Gasteiger partial charge in [-0.3, -0.25) is 4.90 Å². The van der Waals surface area contributed by atoms with E-state index in [0.717, 1.165) is 32.7 Å². The number of piperazine rings is 1. The quantitative estimate of drug-likeness (QED) is 0.901. The number of hydrogen-bond donors (Lipinski definition) is 1. The van der Waals surface area contributed by atoms with Crippen molar-refractivity contribution in [3.8, 4) is 0 Å². The van der Waals surface area contributed by atoms with Crippen molar-refractivity contribution in [2.24, 2.45) is 0 Å². The molecule has 0 bridgehead atoms. The van der Waals surface area contributed by atoms with E-state index in [1.54, 1.807) is 11.3 Å². The number of thiazole rings is 1. The summed E-state index contributed by atoms with van der Waals surface area (Å²) in [6, 6.07) is 0. The molecule has 0 atom stereocenters. The molecule has 0 aromatic carbocycles. The number of aromatic nitrogens is 1. The number of rotatable bonds is 2. The molecular formula is C8H16Cl3N3S. The van der Waals surface area contributed by atoms with E-state index in [-0.39, 0.29) is 37.2 Å². The van der Waals surface area contributed by atoms with E-state index < -0.39 is 0 Å². The minimum Gasteiger partial charge on any atom is -0.314 e. The minimum atomic E-state index is 0. The first-order valence-electron chi connectivity index (χ1n) is 4.26. The summed E-state index contributed by atoms with van der Waals surface area (Å²) in [5.74, 6) is 0. The van der Waals surface area contributed by atoms with Crippen molar-refractivity contribution < 1.29 is 0 Å². The Kier molecular flexibility index (Phi) is 11.4. The van der Waals surface area contributed by atoms with Gasteiger partial charge in [0.15, 0.2) is 0 Å². The third-order valence-corrected chi connectivity index (χ3v) is 2.82. The van der Waals surface area contributed by atoms with Crippen LogP contribution in [-0.4, -0.2) is 36.1 Å². The van der Waals surface area contributed by atoms with Crippen LogP contribution in [0.25, 0.3) is 0 Å². The zero-order chi connectivity index (χ0) is 8.23. The van der Waals surface area contributed by atoms with Gasteiger partial charge in [-0.2, -0.15) is 0 Å². The molecule has 0 amide bonds. The van der Waals surface area contributed by atoms with Crippen LogP contribution in [0.1, 0.15) is 5.01 Å².